The second kappa shape index (κ2) is 6.17. The highest BCUT2D eigenvalue weighted by Gasteiger charge is 2.20. The standard InChI is InChI=1S/C14H16N4O3/c1-10(12-6-4-3-5-7-12)16-14(19)11(2)17-9-13(8-15-17)18(20)21/h3-11H,1-2H3,(H,16,19)/t10-,11+/m1/s1. The van der Waals surface area contributed by atoms with Gasteiger partial charge in [0.25, 0.3) is 0 Å². The predicted octanol–water partition coefficient (Wildman–Crippen LogP) is 2.23. The molecule has 7 heteroatoms. The first-order valence-corrected chi connectivity index (χ1v) is 6.53. The van der Waals surface area contributed by atoms with E-state index in [0.717, 1.165) is 11.8 Å². The van der Waals surface area contributed by atoms with Crippen LogP contribution in [0.3, 0.4) is 0 Å². The SMILES string of the molecule is C[C@@H](NC(=O)[C@H](C)n1cc([N+](=O)[O-])cn1)c1ccccc1. The molecular weight excluding hydrogens is 272 g/mol. The first-order chi connectivity index (χ1) is 9.99. The van der Waals surface area contributed by atoms with Crippen molar-refractivity contribution >= 4 is 11.6 Å². The van der Waals surface area contributed by atoms with Gasteiger partial charge in [-0.15, -0.1) is 0 Å². The van der Waals surface area contributed by atoms with Crippen LogP contribution in [-0.4, -0.2) is 20.6 Å². The van der Waals surface area contributed by atoms with Crippen LogP contribution in [0, 0.1) is 10.1 Å². The Bertz CT molecular complexity index is 639. The Balaban J connectivity index is 2.03. The van der Waals surface area contributed by atoms with Gasteiger partial charge in [0.15, 0.2) is 0 Å². The minimum atomic E-state index is -0.620. The van der Waals surface area contributed by atoms with Crippen LogP contribution < -0.4 is 5.32 Å². The zero-order valence-corrected chi connectivity index (χ0v) is 11.8. The Hall–Kier alpha value is -2.70. The third-order valence-electron chi connectivity index (χ3n) is 3.23. The molecule has 0 saturated carbocycles. The highest BCUT2D eigenvalue weighted by molar-refractivity contribution is 5.80. The average Bonchev–Trinajstić information content (AvgIpc) is 2.97. The van der Waals surface area contributed by atoms with Gasteiger partial charge >= 0.3 is 5.69 Å². The third kappa shape index (κ3) is 3.44. The smallest absolute Gasteiger partial charge is 0.307 e. The fourth-order valence-corrected chi connectivity index (χ4v) is 1.91. The Kier molecular flexibility index (Phi) is 4.32. The molecule has 21 heavy (non-hydrogen) atoms. The molecule has 0 unspecified atom stereocenters. The molecule has 2 aromatic rings. The molecule has 0 saturated heterocycles. The maximum atomic E-state index is 12.2. The summed E-state index contributed by atoms with van der Waals surface area (Å²) in [6, 6.07) is 8.79. The molecule has 2 rings (SSSR count). The van der Waals surface area contributed by atoms with Crippen molar-refractivity contribution in [1.29, 1.82) is 0 Å². The van der Waals surface area contributed by atoms with Crippen LogP contribution in [0.5, 0.6) is 0 Å². The molecule has 1 amide bonds. The number of hydrogen-bond donors (Lipinski definition) is 1. The molecule has 7 nitrogen and oxygen atoms in total. The quantitative estimate of drug-likeness (QED) is 0.674. The van der Waals surface area contributed by atoms with Crippen molar-refractivity contribution in [1.82, 2.24) is 15.1 Å². The fraction of sp³-hybridized carbons (Fsp3) is 0.286. The van der Waals surface area contributed by atoms with Crippen LogP contribution in [0.15, 0.2) is 42.7 Å². The summed E-state index contributed by atoms with van der Waals surface area (Å²) in [5, 5.41) is 17.3. The van der Waals surface area contributed by atoms with Crippen molar-refractivity contribution in [2.45, 2.75) is 25.9 Å². The van der Waals surface area contributed by atoms with E-state index in [9.17, 15) is 14.9 Å². The third-order valence-corrected chi connectivity index (χ3v) is 3.23. The lowest BCUT2D eigenvalue weighted by Crippen LogP contribution is -2.33. The number of nitrogens with zero attached hydrogens (tertiary/aromatic N) is 3. The summed E-state index contributed by atoms with van der Waals surface area (Å²) < 4.78 is 1.28. The number of nitrogens with one attached hydrogen (secondary N) is 1. The lowest BCUT2D eigenvalue weighted by molar-refractivity contribution is -0.385. The Labute approximate surface area is 121 Å². The van der Waals surface area contributed by atoms with Crippen LogP contribution in [0.1, 0.15) is 31.5 Å². The van der Waals surface area contributed by atoms with Crippen LogP contribution in [0.4, 0.5) is 5.69 Å². The van der Waals surface area contributed by atoms with E-state index in [1.807, 2.05) is 37.3 Å². The first kappa shape index (κ1) is 14.7. The molecule has 0 radical (unpaired) electrons. The van der Waals surface area contributed by atoms with Gasteiger partial charge < -0.3 is 5.32 Å². The molecular formula is C14H16N4O3. The minimum Gasteiger partial charge on any atom is -0.348 e. The number of aromatic nitrogens is 2. The molecule has 0 aliphatic carbocycles. The summed E-state index contributed by atoms with van der Waals surface area (Å²) in [6.07, 6.45) is 2.38. The number of carbonyl (C=O) groups excluding carboxylic acids is 1. The lowest BCUT2D eigenvalue weighted by Gasteiger charge is -2.18. The summed E-state index contributed by atoms with van der Waals surface area (Å²) in [6.45, 7) is 3.52. The van der Waals surface area contributed by atoms with Gasteiger partial charge in [-0.25, -0.2) is 0 Å². The van der Waals surface area contributed by atoms with E-state index in [-0.39, 0.29) is 17.6 Å². The summed E-state index contributed by atoms with van der Waals surface area (Å²) in [4.78, 5) is 22.2. The normalized spacial score (nSPS) is 13.4. The van der Waals surface area contributed by atoms with Crippen LogP contribution in [-0.2, 0) is 4.79 Å². The van der Waals surface area contributed by atoms with E-state index >= 15 is 0 Å². The zero-order valence-electron chi connectivity index (χ0n) is 11.8. The van der Waals surface area contributed by atoms with Gasteiger partial charge in [-0.3, -0.25) is 19.6 Å². The summed E-state index contributed by atoms with van der Waals surface area (Å²) in [5.41, 5.74) is 0.857. The topological polar surface area (TPSA) is 90.1 Å². The Morgan fingerprint density at radius 3 is 2.57 bits per heavy atom. The summed E-state index contributed by atoms with van der Waals surface area (Å²) in [7, 11) is 0. The maximum Gasteiger partial charge on any atom is 0.307 e. The van der Waals surface area contributed by atoms with Crippen LogP contribution >= 0.6 is 0 Å². The van der Waals surface area contributed by atoms with E-state index < -0.39 is 11.0 Å². The predicted molar refractivity (Wildman–Crippen MR) is 76.6 cm³/mol. The summed E-state index contributed by atoms with van der Waals surface area (Å²) in [5.74, 6) is -0.246. The molecule has 0 aliphatic heterocycles. The van der Waals surface area contributed by atoms with Crippen molar-refractivity contribution < 1.29 is 9.72 Å². The molecule has 0 spiro atoms. The first-order valence-electron chi connectivity index (χ1n) is 6.53. The Morgan fingerprint density at radius 2 is 2.00 bits per heavy atom. The molecule has 0 aliphatic rings. The number of rotatable bonds is 5. The second-order valence-corrected chi connectivity index (χ2v) is 4.75. The number of nitro groups is 1. The molecule has 2 atom stereocenters. The Morgan fingerprint density at radius 1 is 1.33 bits per heavy atom. The second-order valence-electron chi connectivity index (χ2n) is 4.75. The molecule has 1 aromatic heterocycles. The zero-order chi connectivity index (χ0) is 15.4. The van der Waals surface area contributed by atoms with Crippen molar-refractivity contribution in [2.24, 2.45) is 0 Å². The van der Waals surface area contributed by atoms with Gasteiger partial charge in [0.1, 0.15) is 18.4 Å². The lowest BCUT2D eigenvalue weighted by atomic mass is 10.1. The molecule has 0 fully saturated rings. The largest absolute Gasteiger partial charge is 0.348 e. The number of carbonyl (C=O) groups is 1. The molecule has 1 aromatic carbocycles. The van der Waals surface area contributed by atoms with E-state index in [1.54, 1.807) is 6.92 Å². The van der Waals surface area contributed by atoms with Crippen LogP contribution in [0.2, 0.25) is 0 Å². The van der Waals surface area contributed by atoms with Gasteiger partial charge in [0, 0.05) is 0 Å². The molecule has 1 N–H and O–H groups in total. The van der Waals surface area contributed by atoms with Gasteiger partial charge in [-0.1, -0.05) is 30.3 Å². The fourth-order valence-electron chi connectivity index (χ4n) is 1.91. The average molecular weight is 288 g/mol. The number of amides is 1. The van der Waals surface area contributed by atoms with Gasteiger partial charge in [0.05, 0.1) is 11.0 Å². The molecule has 1 heterocycles. The van der Waals surface area contributed by atoms with Crippen molar-refractivity contribution in [3.8, 4) is 0 Å². The van der Waals surface area contributed by atoms with Crippen molar-refractivity contribution in [3.63, 3.8) is 0 Å². The van der Waals surface area contributed by atoms with E-state index in [1.165, 1.54) is 10.9 Å². The molecule has 110 valence electrons. The minimum absolute atomic E-state index is 0.134. The van der Waals surface area contributed by atoms with Crippen LogP contribution in [0.25, 0.3) is 0 Å². The van der Waals surface area contributed by atoms with Gasteiger partial charge in [-0.2, -0.15) is 5.10 Å². The maximum absolute atomic E-state index is 12.2. The van der Waals surface area contributed by atoms with E-state index in [4.69, 9.17) is 0 Å². The summed E-state index contributed by atoms with van der Waals surface area (Å²) >= 11 is 0. The van der Waals surface area contributed by atoms with Gasteiger partial charge in [0.2, 0.25) is 5.91 Å². The molecule has 0 bridgehead atoms. The number of hydrogen-bond acceptors (Lipinski definition) is 4. The van der Waals surface area contributed by atoms with Gasteiger partial charge in [-0.05, 0) is 19.4 Å². The monoisotopic (exact) mass is 288 g/mol. The van der Waals surface area contributed by atoms with E-state index in [0.29, 0.717) is 0 Å². The van der Waals surface area contributed by atoms with Crippen molar-refractivity contribution in [3.05, 3.63) is 58.4 Å². The highest BCUT2D eigenvalue weighted by atomic mass is 16.6. The highest BCUT2D eigenvalue weighted by Crippen LogP contribution is 2.16. The number of benzene rings is 1. The van der Waals surface area contributed by atoms with E-state index in [2.05, 4.69) is 10.4 Å². The van der Waals surface area contributed by atoms with Crippen molar-refractivity contribution in [2.75, 3.05) is 0 Å².